The molecule has 3 aromatic rings. The van der Waals surface area contributed by atoms with Crippen LogP contribution in [0.4, 0.5) is 0 Å². The van der Waals surface area contributed by atoms with Gasteiger partial charge in [-0.25, -0.2) is 4.98 Å². The molecule has 1 atom stereocenters. The minimum absolute atomic E-state index is 0.0395. The average molecular weight is 374 g/mol. The molecule has 0 radical (unpaired) electrons. The fourth-order valence-corrected chi connectivity index (χ4v) is 3.24. The molecular formula is C24H26N2O2. The van der Waals surface area contributed by atoms with Crippen molar-refractivity contribution in [3.05, 3.63) is 89.0 Å². The van der Waals surface area contributed by atoms with E-state index in [9.17, 15) is 9.59 Å². The number of unbranched alkanes of at least 4 members (excludes halogenated alkanes) is 2. The second kappa shape index (κ2) is 9.27. The summed E-state index contributed by atoms with van der Waals surface area (Å²) < 4.78 is 0. The van der Waals surface area contributed by atoms with Crippen molar-refractivity contribution in [3.8, 4) is 0 Å². The number of benzene rings is 2. The third kappa shape index (κ3) is 4.63. The van der Waals surface area contributed by atoms with Crippen LogP contribution in [0.3, 0.4) is 0 Å². The van der Waals surface area contributed by atoms with E-state index >= 15 is 0 Å². The first-order chi connectivity index (χ1) is 13.6. The third-order valence-corrected chi connectivity index (χ3v) is 4.98. The highest BCUT2D eigenvalue weighted by Crippen LogP contribution is 2.22. The van der Waals surface area contributed by atoms with Gasteiger partial charge in [-0.2, -0.15) is 0 Å². The Hall–Kier alpha value is -3.01. The van der Waals surface area contributed by atoms with Crippen LogP contribution in [0.25, 0.3) is 0 Å². The minimum Gasteiger partial charge on any atom is -0.348 e. The van der Waals surface area contributed by atoms with Crippen LogP contribution in [0.5, 0.6) is 0 Å². The summed E-state index contributed by atoms with van der Waals surface area (Å²) in [6.07, 6.45) is 5.93. The first kappa shape index (κ1) is 19.7. The van der Waals surface area contributed by atoms with Gasteiger partial charge >= 0.3 is 0 Å². The van der Waals surface area contributed by atoms with Crippen LogP contribution < -0.4 is 0 Å². The zero-order valence-electron chi connectivity index (χ0n) is 16.4. The van der Waals surface area contributed by atoms with E-state index in [2.05, 4.69) is 16.9 Å². The predicted octanol–water partition coefficient (Wildman–Crippen LogP) is 5.36. The van der Waals surface area contributed by atoms with Gasteiger partial charge in [0.25, 0.3) is 0 Å². The number of hydrogen-bond acceptors (Lipinski definition) is 3. The number of carbonyl (C=O) groups is 2. The largest absolute Gasteiger partial charge is 0.348 e. The smallest absolute Gasteiger partial charge is 0.193 e. The molecule has 1 aromatic heterocycles. The van der Waals surface area contributed by atoms with Gasteiger partial charge in [0, 0.05) is 29.7 Å². The van der Waals surface area contributed by atoms with Crippen molar-refractivity contribution in [2.24, 2.45) is 0 Å². The Bertz CT molecular complexity index is 944. The summed E-state index contributed by atoms with van der Waals surface area (Å²) in [6, 6.07) is 16.5. The van der Waals surface area contributed by atoms with E-state index in [0.717, 1.165) is 37.1 Å². The van der Waals surface area contributed by atoms with E-state index in [1.807, 2.05) is 43.3 Å². The molecule has 4 heteroatoms. The van der Waals surface area contributed by atoms with Gasteiger partial charge in [-0.05, 0) is 18.1 Å². The molecule has 1 heterocycles. The van der Waals surface area contributed by atoms with Crippen LogP contribution in [-0.2, 0) is 6.42 Å². The molecule has 28 heavy (non-hydrogen) atoms. The maximum Gasteiger partial charge on any atom is 0.193 e. The van der Waals surface area contributed by atoms with Crippen molar-refractivity contribution in [2.75, 3.05) is 0 Å². The highest BCUT2D eigenvalue weighted by molar-refractivity contribution is 6.09. The van der Waals surface area contributed by atoms with Crippen LogP contribution in [0.15, 0.2) is 60.8 Å². The Labute approximate surface area is 166 Å². The molecule has 0 bridgehead atoms. The van der Waals surface area contributed by atoms with Gasteiger partial charge in [0.1, 0.15) is 11.5 Å². The second-order valence-corrected chi connectivity index (χ2v) is 7.10. The number of aryl methyl sites for hydroxylation is 1. The fourth-order valence-electron chi connectivity index (χ4n) is 3.24. The normalized spacial score (nSPS) is 11.9. The van der Waals surface area contributed by atoms with E-state index in [1.54, 1.807) is 24.4 Å². The van der Waals surface area contributed by atoms with E-state index in [1.165, 1.54) is 0 Å². The lowest BCUT2D eigenvalue weighted by Crippen LogP contribution is -2.11. The summed E-state index contributed by atoms with van der Waals surface area (Å²) in [6.45, 7) is 4.02. The van der Waals surface area contributed by atoms with Crippen LogP contribution in [0, 0.1) is 0 Å². The maximum atomic E-state index is 12.9. The number of hydrogen-bond donors (Lipinski definition) is 1. The molecule has 0 fully saturated rings. The molecule has 0 saturated carbocycles. The number of imidazole rings is 1. The Morgan fingerprint density at radius 1 is 1.00 bits per heavy atom. The first-order valence-corrected chi connectivity index (χ1v) is 9.88. The molecule has 0 saturated heterocycles. The standard InChI is InChI=1S/C24H26N2O2/c1-3-4-6-14-22-25-16-21(26-22)23(27)17(2)19-12-9-13-20(15-19)24(28)18-10-7-5-8-11-18/h5,7-13,15-17H,3-4,6,14H2,1-2H3,(H,25,26). The number of carbonyl (C=O) groups excluding carboxylic acids is 2. The Morgan fingerprint density at radius 3 is 2.50 bits per heavy atom. The topological polar surface area (TPSA) is 62.8 Å². The third-order valence-electron chi connectivity index (χ3n) is 4.98. The number of aromatic amines is 1. The lowest BCUT2D eigenvalue weighted by atomic mass is 9.92. The van der Waals surface area contributed by atoms with Crippen LogP contribution in [0.1, 0.15) is 76.8 Å². The van der Waals surface area contributed by atoms with E-state index < -0.39 is 0 Å². The molecule has 1 N–H and O–H groups in total. The summed E-state index contributed by atoms with van der Waals surface area (Å²) in [5.74, 6) is 0.412. The molecule has 4 nitrogen and oxygen atoms in total. The van der Waals surface area contributed by atoms with Gasteiger partial charge in [-0.3, -0.25) is 9.59 Å². The highest BCUT2D eigenvalue weighted by Gasteiger charge is 2.21. The monoisotopic (exact) mass is 374 g/mol. The molecule has 0 amide bonds. The van der Waals surface area contributed by atoms with Crippen LogP contribution in [0.2, 0.25) is 0 Å². The molecule has 0 spiro atoms. The molecule has 144 valence electrons. The van der Waals surface area contributed by atoms with Crippen molar-refractivity contribution in [2.45, 2.75) is 45.4 Å². The van der Waals surface area contributed by atoms with Gasteiger partial charge in [0.15, 0.2) is 11.6 Å². The van der Waals surface area contributed by atoms with Gasteiger partial charge < -0.3 is 4.98 Å². The number of rotatable bonds is 9. The number of aromatic nitrogens is 2. The molecule has 0 aliphatic carbocycles. The van der Waals surface area contributed by atoms with E-state index in [-0.39, 0.29) is 17.5 Å². The lowest BCUT2D eigenvalue weighted by Gasteiger charge is -2.11. The molecule has 0 aliphatic heterocycles. The average Bonchev–Trinajstić information content (AvgIpc) is 3.22. The fraction of sp³-hybridized carbons (Fsp3) is 0.292. The number of Topliss-reactive ketones (excluding diaryl/α,β-unsaturated/α-hetero) is 1. The van der Waals surface area contributed by atoms with Crippen LogP contribution in [-0.4, -0.2) is 21.5 Å². The van der Waals surface area contributed by atoms with E-state index in [0.29, 0.717) is 16.8 Å². The molecule has 0 aliphatic rings. The molecular weight excluding hydrogens is 348 g/mol. The SMILES string of the molecule is CCCCCc1nc(C(=O)C(C)c2cccc(C(=O)c3ccccc3)c2)c[nH]1. The Morgan fingerprint density at radius 2 is 1.75 bits per heavy atom. The second-order valence-electron chi connectivity index (χ2n) is 7.10. The summed E-state index contributed by atoms with van der Waals surface area (Å²) >= 11 is 0. The van der Waals surface area contributed by atoms with Crippen molar-refractivity contribution < 1.29 is 9.59 Å². The summed E-state index contributed by atoms with van der Waals surface area (Å²) in [5, 5.41) is 0. The maximum absolute atomic E-state index is 12.9. The summed E-state index contributed by atoms with van der Waals surface area (Å²) in [4.78, 5) is 33.1. The number of H-pyrrole nitrogens is 1. The first-order valence-electron chi connectivity index (χ1n) is 9.88. The van der Waals surface area contributed by atoms with Gasteiger partial charge in [0.05, 0.1) is 0 Å². The van der Waals surface area contributed by atoms with Crippen LogP contribution >= 0.6 is 0 Å². The lowest BCUT2D eigenvalue weighted by molar-refractivity contribution is 0.0959. The van der Waals surface area contributed by atoms with Crippen molar-refractivity contribution in [1.29, 1.82) is 0 Å². The van der Waals surface area contributed by atoms with Crippen molar-refractivity contribution in [3.63, 3.8) is 0 Å². The molecule has 2 aromatic carbocycles. The number of ketones is 2. The van der Waals surface area contributed by atoms with Gasteiger partial charge in [0.2, 0.25) is 0 Å². The molecule has 1 unspecified atom stereocenters. The Balaban J connectivity index is 1.74. The van der Waals surface area contributed by atoms with E-state index in [4.69, 9.17) is 0 Å². The predicted molar refractivity (Wildman–Crippen MR) is 111 cm³/mol. The zero-order chi connectivity index (χ0) is 19.9. The highest BCUT2D eigenvalue weighted by atomic mass is 16.1. The van der Waals surface area contributed by atoms with Crippen molar-refractivity contribution >= 4 is 11.6 Å². The summed E-state index contributed by atoms with van der Waals surface area (Å²) in [7, 11) is 0. The number of nitrogens with one attached hydrogen (secondary N) is 1. The van der Waals surface area contributed by atoms with Gasteiger partial charge in [-0.1, -0.05) is 75.2 Å². The number of nitrogens with zero attached hydrogens (tertiary/aromatic N) is 1. The quantitative estimate of drug-likeness (QED) is 0.405. The summed E-state index contributed by atoms with van der Waals surface area (Å²) in [5.41, 5.74) is 2.51. The van der Waals surface area contributed by atoms with Crippen molar-refractivity contribution in [1.82, 2.24) is 9.97 Å². The minimum atomic E-state index is -0.365. The Kier molecular flexibility index (Phi) is 6.53. The van der Waals surface area contributed by atoms with Gasteiger partial charge in [-0.15, -0.1) is 0 Å². The molecule has 3 rings (SSSR count). The zero-order valence-corrected chi connectivity index (χ0v) is 16.4.